The normalized spacial score (nSPS) is 52.9. The summed E-state index contributed by atoms with van der Waals surface area (Å²) < 4.78 is 40.2. The minimum Gasteiger partial charge on any atom is -0.467 e. The van der Waals surface area contributed by atoms with Crippen LogP contribution in [0.15, 0.2) is 0 Å². The van der Waals surface area contributed by atoms with Crippen LogP contribution in [-0.2, 0) is 37.4 Å². The predicted octanol–water partition coefficient (Wildman–Crippen LogP) is 17.7. The lowest BCUT2D eigenvalue weighted by molar-refractivity contribution is -0.209. The molecule has 24 atom stereocenters. The van der Waals surface area contributed by atoms with Crippen LogP contribution in [0.4, 0.5) is 0 Å². The number of fused-ring (bicyclic) bond motifs is 8. The van der Waals surface area contributed by atoms with Crippen molar-refractivity contribution in [1.82, 2.24) is 0 Å². The number of rotatable bonds is 12. The van der Waals surface area contributed by atoms with E-state index in [0.717, 1.165) is 72.8 Å². The predicted molar refractivity (Wildman–Crippen MR) is 331 cm³/mol. The van der Waals surface area contributed by atoms with Crippen LogP contribution in [-0.4, -0.2) is 78.9 Å². The molecular formula is C71H122O8Si2. The molecule has 0 N–H and O–H groups in total. The molecule has 12 rings (SSSR count). The molecule has 0 aromatic carbocycles. The van der Waals surface area contributed by atoms with Crippen LogP contribution in [0.25, 0.3) is 0 Å². The third kappa shape index (κ3) is 7.73. The van der Waals surface area contributed by atoms with Crippen LogP contribution in [0.2, 0.25) is 36.3 Å². The summed E-state index contributed by atoms with van der Waals surface area (Å²) in [5, 5.41) is 0. The van der Waals surface area contributed by atoms with Gasteiger partial charge in [-0.1, -0.05) is 125 Å². The Labute approximate surface area is 497 Å². The average Bonchev–Trinajstić information content (AvgIpc) is 1.66. The monoisotopic (exact) mass is 1160 g/mol. The lowest BCUT2D eigenvalue weighted by atomic mass is 9.41. The first kappa shape index (κ1) is 61.8. The summed E-state index contributed by atoms with van der Waals surface area (Å²) in [6.45, 7) is 47.1. The Bertz CT molecular complexity index is 2400. The lowest BCUT2D eigenvalue weighted by Gasteiger charge is -2.64. The first-order valence-corrected chi connectivity index (χ1v) is 39.8. The highest BCUT2D eigenvalue weighted by atomic mass is 28.4. The van der Waals surface area contributed by atoms with Gasteiger partial charge in [0, 0.05) is 10.8 Å². The van der Waals surface area contributed by atoms with Gasteiger partial charge in [-0.05, 0) is 248 Å². The molecule has 9 unspecified atom stereocenters. The Hall–Kier alpha value is -0.786. The fourth-order valence-corrected chi connectivity index (χ4v) is 32.6. The second kappa shape index (κ2) is 19.9. The second-order valence-corrected chi connectivity index (χ2v) is 43.6. The van der Waals surface area contributed by atoms with Gasteiger partial charge in [0.1, 0.15) is 0 Å². The molecule has 8 nitrogen and oxygen atoms in total. The van der Waals surface area contributed by atoms with E-state index in [4.69, 9.17) is 27.8 Å². The van der Waals surface area contributed by atoms with Gasteiger partial charge in [-0.3, -0.25) is 0 Å². The third-order valence-corrected chi connectivity index (χ3v) is 41.8. The lowest BCUT2D eigenvalue weighted by Crippen LogP contribution is -2.61. The highest BCUT2D eigenvalue weighted by molar-refractivity contribution is 6.74. The molecule has 0 aromatic rings. The number of carbonyl (C=O) groups is 2. The maximum absolute atomic E-state index is 13.2. The third-order valence-electron chi connectivity index (χ3n) is 32.5. The molecule has 0 amide bonds. The summed E-state index contributed by atoms with van der Waals surface area (Å²) in [6, 6.07) is 6.93. The van der Waals surface area contributed by atoms with Crippen LogP contribution in [0, 0.1) is 113 Å². The van der Waals surface area contributed by atoms with Crippen LogP contribution >= 0.6 is 0 Å². The second-order valence-electron chi connectivity index (χ2n) is 34.2. The van der Waals surface area contributed by atoms with Crippen LogP contribution in [0.1, 0.15) is 234 Å². The van der Waals surface area contributed by atoms with Gasteiger partial charge >= 0.3 is 11.9 Å². The van der Waals surface area contributed by atoms with E-state index in [-0.39, 0.29) is 58.0 Å². The standard InChI is InChI=1S/C36H62O4Si.C35H60O4Si/c1-12-41(13-2,14-3)40-29-28-27(23(4)21-33(9,39-28)30(37)38-11)32(8)19-20-36-22-35(36)18-17-24(5)31(6,7)25(35)15-16-26(36)34(29,32)10;1-11-40(12-2,13-3)39-29-28-27(22(4)20-24(38-28)30(36)37-10)32(8)18-19-35-21-34(35)17-16-23(5)31(6,7)25(34)14-15-26(35)33(29,32)9/h23-29H,12-22H2,1-11H3;22-29H,11-21H2,1-10H3/t23-,24?,25+,26+,27?,28?,29+,32-,33-,34-,35-,36?;22-,23?,24?,25+,26+,27?,28?,29+,32-,33-,34-,35?/m11/s1. The highest BCUT2D eigenvalue weighted by Crippen LogP contribution is 2.92. The molecule has 0 aromatic heterocycles. The molecule has 10 saturated carbocycles. The van der Waals surface area contributed by atoms with Crippen LogP contribution < -0.4 is 0 Å². The van der Waals surface area contributed by atoms with Gasteiger partial charge in [-0.2, -0.15) is 0 Å². The topological polar surface area (TPSA) is 89.5 Å². The van der Waals surface area contributed by atoms with Crippen molar-refractivity contribution in [3.8, 4) is 0 Å². The molecule has 12 fully saturated rings. The fraction of sp³-hybridized carbons (Fsp3) is 0.972. The molecule has 462 valence electrons. The van der Waals surface area contributed by atoms with Gasteiger partial charge in [0.05, 0.1) is 38.6 Å². The summed E-state index contributed by atoms with van der Waals surface area (Å²) in [5.41, 5.74) is 2.45. The number of hydrogen-bond acceptors (Lipinski definition) is 8. The van der Waals surface area contributed by atoms with Crippen molar-refractivity contribution >= 4 is 28.6 Å². The summed E-state index contributed by atoms with van der Waals surface area (Å²) in [6.07, 6.45) is 20.5. The van der Waals surface area contributed by atoms with E-state index in [1.165, 1.54) is 104 Å². The summed E-state index contributed by atoms with van der Waals surface area (Å²) >= 11 is 0. The number of ether oxygens (including phenoxy) is 4. The maximum atomic E-state index is 13.2. The first-order valence-electron chi connectivity index (χ1n) is 34.7. The van der Waals surface area contributed by atoms with Gasteiger partial charge < -0.3 is 27.8 Å². The summed E-state index contributed by atoms with van der Waals surface area (Å²) in [7, 11) is -0.848. The van der Waals surface area contributed by atoms with Crippen molar-refractivity contribution in [3.05, 3.63) is 0 Å². The Kier molecular flexibility index (Phi) is 15.2. The van der Waals surface area contributed by atoms with Crippen LogP contribution in [0.3, 0.4) is 0 Å². The van der Waals surface area contributed by atoms with E-state index in [1.807, 2.05) is 6.92 Å². The molecule has 4 spiro atoms. The number of esters is 2. The quantitative estimate of drug-likeness (QED) is 0.141. The molecule has 2 aliphatic heterocycles. The Balaban J connectivity index is 0.000000170. The summed E-state index contributed by atoms with van der Waals surface area (Å²) in [4.78, 5) is 26.1. The largest absolute Gasteiger partial charge is 0.467 e. The van der Waals surface area contributed by atoms with E-state index in [2.05, 4.69) is 125 Å². The van der Waals surface area contributed by atoms with Gasteiger partial charge in [-0.25, -0.2) is 9.59 Å². The maximum Gasteiger partial charge on any atom is 0.337 e. The number of methoxy groups -OCH3 is 2. The van der Waals surface area contributed by atoms with Crippen molar-refractivity contribution < 1.29 is 37.4 Å². The minimum absolute atomic E-state index is 0.00947. The van der Waals surface area contributed by atoms with Crippen molar-refractivity contribution in [2.45, 2.75) is 307 Å². The molecule has 0 radical (unpaired) electrons. The average molecular weight is 1160 g/mol. The molecule has 2 heterocycles. The van der Waals surface area contributed by atoms with E-state index >= 15 is 0 Å². The molecular weight excluding hydrogens is 1040 g/mol. The SMILES string of the molecule is CC[Si](CC)(CC)O[C@H]1C2OC(C(=O)OC)C[C@@H](C)C2[C@@]2(C)CCC34C[C@@]35CCC(C)C(C)(C)[C@@H]5CC[C@H]4[C@]12C.CC[Si](CC)(CC)O[C@H]1C2O[C@@](C)(C(=O)OC)C[C@@H](C)C2[C@@]2(C)CCC34C[C@@]35CCC(C)C(C)(C)[C@@H]5CC[C@H]4[C@]12C. The van der Waals surface area contributed by atoms with Gasteiger partial charge in [-0.15, -0.1) is 0 Å². The Morgan fingerprint density at radius 1 is 0.494 bits per heavy atom. The zero-order valence-electron chi connectivity index (χ0n) is 56.0. The molecule has 0 bridgehead atoms. The number of hydrogen-bond donors (Lipinski definition) is 0. The zero-order chi connectivity index (χ0) is 59.1. The minimum atomic E-state index is -1.95. The van der Waals surface area contributed by atoms with Gasteiger partial charge in [0.2, 0.25) is 0 Å². The molecule has 81 heavy (non-hydrogen) atoms. The fourth-order valence-electron chi connectivity index (χ4n) is 26.8. The first-order chi connectivity index (χ1) is 37.9. The van der Waals surface area contributed by atoms with E-state index in [0.29, 0.717) is 68.0 Å². The number of carbonyl (C=O) groups excluding carboxylic acids is 2. The zero-order valence-corrected chi connectivity index (χ0v) is 58.0. The molecule has 10 aliphatic carbocycles. The van der Waals surface area contributed by atoms with E-state index < -0.39 is 28.3 Å². The van der Waals surface area contributed by atoms with Crippen molar-refractivity contribution in [2.24, 2.45) is 113 Å². The van der Waals surface area contributed by atoms with Gasteiger partial charge in [0.15, 0.2) is 28.3 Å². The Morgan fingerprint density at radius 3 is 1.30 bits per heavy atom. The smallest absolute Gasteiger partial charge is 0.337 e. The van der Waals surface area contributed by atoms with Crippen LogP contribution in [0.5, 0.6) is 0 Å². The van der Waals surface area contributed by atoms with Gasteiger partial charge in [0.25, 0.3) is 0 Å². The highest BCUT2D eigenvalue weighted by Gasteiger charge is 2.87. The van der Waals surface area contributed by atoms with Crippen molar-refractivity contribution in [3.63, 3.8) is 0 Å². The molecule has 12 aliphatic rings. The van der Waals surface area contributed by atoms with E-state index in [9.17, 15) is 9.59 Å². The van der Waals surface area contributed by atoms with E-state index in [1.54, 1.807) is 0 Å². The molecule has 10 heteroatoms. The van der Waals surface area contributed by atoms with Crippen molar-refractivity contribution in [2.75, 3.05) is 14.2 Å². The van der Waals surface area contributed by atoms with Crippen molar-refractivity contribution in [1.29, 1.82) is 0 Å². The Morgan fingerprint density at radius 2 is 0.889 bits per heavy atom. The summed E-state index contributed by atoms with van der Waals surface area (Å²) in [5.74, 6) is 6.00. The molecule has 2 saturated heterocycles.